The first-order chi connectivity index (χ1) is 18.6. The number of nitrogens with two attached hydrogens (primary N) is 1. The predicted octanol–water partition coefficient (Wildman–Crippen LogP) is 3.68. The smallest absolute Gasteiger partial charge is 0.460 e. The Bertz CT molecular complexity index is 1330. The summed E-state index contributed by atoms with van der Waals surface area (Å²) in [5.41, 5.74) is 6.18. The Labute approximate surface area is 226 Å². The van der Waals surface area contributed by atoms with E-state index in [0.29, 0.717) is 36.5 Å². The van der Waals surface area contributed by atoms with Gasteiger partial charge in [-0.05, 0) is 17.5 Å². The van der Waals surface area contributed by atoms with Gasteiger partial charge in [0.05, 0.1) is 39.4 Å². The molecule has 2 aliphatic rings. The second-order valence-electron chi connectivity index (χ2n) is 10.8. The number of imidazole rings is 1. The van der Waals surface area contributed by atoms with Crippen molar-refractivity contribution in [2.45, 2.75) is 51.5 Å². The van der Waals surface area contributed by atoms with E-state index in [-0.39, 0.29) is 30.6 Å². The Morgan fingerprint density at radius 3 is 2.69 bits per heavy atom. The molecule has 0 saturated carbocycles. The fourth-order valence-electron chi connectivity index (χ4n) is 4.59. The second-order valence-corrected chi connectivity index (χ2v) is 12.6. The summed E-state index contributed by atoms with van der Waals surface area (Å²) in [6.45, 7) is 7.21. The van der Waals surface area contributed by atoms with Gasteiger partial charge in [-0.15, -0.1) is 0 Å². The van der Waals surface area contributed by atoms with Crippen LogP contribution in [-0.2, 0) is 23.3 Å². The van der Waals surface area contributed by atoms with E-state index in [1.807, 2.05) is 6.07 Å². The van der Waals surface area contributed by atoms with Crippen molar-refractivity contribution in [3.05, 3.63) is 36.7 Å². The number of aromatic nitrogens is 4. The van der Waals surface area contributed by atoms with Gasteiger partial charge in [-0.2, -0.15) is 15.1 Å². The van der Waals surface area contributed by atoms with E-state index in [2.05, 4.69) is 40.8 Å². The summed E-state index contributed by atoms with van der Waals surface area (Å²) in [7, 11) is -2.32. The van der Waals surface area contributed by atoms with Crippen molar-refractivity contribution in [2.75, 3.05) is 39.4 Å². The van der Waals surface area contributed by atoms with Gasteiger partial charge in [0.15, 0.2) is 17.4 Å². The molecule has 0 amide bonds. The van der Waals surface area contributed by atoms with Gasteiger partial charge in [-0.3, -0.25) is 9.09 Å². The molecule has 2 aliphatic heterocycles. The fourth-order valence-corrected chi connectivity index (χ4v) is 5.81. The molecule has 2 saturated heterocycles. The number of fused-ring (bicyclic) bond motifs is 1. The van der Waals surface area contributed by atoms with Gasteiger partial charge in [0.2, 0.25) is 11.8 Å². The minimum atomic E-state index is -3.81. The quantitative estimate of drug-likeness (QED) is 0.199. The first kappa shape index (κ1) is 27.8. The summed E-state index contributed by atoms with van der Waals surface area (Å²) in [4.78, 5) is 12.9. The first-order valence-corrected chi connectivity index (χ1v) is 14.3. The third-order valence-corrected chi connectivity index (χ3v) is 7.86. The maximum atomic E-state index is 13.7. The third kappa shape index (κ3) is 6.19. The lowest BCUT2D eigenvalue weighted by atomic mass is 9.89. The van der Waals surface area contributed by atoms with Crippen molar-refractivity contribution in [1.82, 2.24) is 24.6 Å². The van der Waals surface area contributed by atoms with Crippen LogP contribution in [0.4, 0.5) is 5.95 Å². The molecule has 1 aromatic carbocycles. The lowest BCUT2D eigenvalue weighted by Gasteiger charge is -2.42. The van der Waals surface area contributed by atoms with Crippen LogP contribution in [-0.4, -0.2) is 64.9 Å². The van der Waals surface area contributed by atoms with Gasteiger partial charge < -0.3 is 29.2 Å². The number of methoxy groups -OCH3 is 1. The molecule has 3 aromatic rings. The van der Waals surface area contributed by atoms with Crippen LogP contribution in [0.3, 0.4) is 0 Å². The van der Waals surface area contributed by atoms with E-state index in [1.165, 1.54) is 7.11 Å². The number of para-hydroxylation sites is 1. The van der Waals surface area contributed by atoms with Crippen LogP contribution in [0.15, 0.2) is 36.7 Å². The summed E-state index contributed by atoms with van der Waals surface area (Å²) < 4.78 is 50.6. The number of ether oxygens (including phenoxy) is 4. The number of benzene rings is 1. The van der Waals surface area contributed by atoms with E-state index in [1.54, 1.807) is 35.2 Å². The number of anilines is 1. The monoisotopic (exact) mass is 562 g/mol. The highest BCUT2D eigenvalue weighted by molar-refractivity contribution is 7.52. The molecule has 14 heteroatoms. The van der Waals surface area contributed by atoms with Gasteiger partial charge in [0.25, 0.3) is 0 Å². The molecule has 212 valence electrons. The Kier molecular flexibility index (Phi) is 7.82. The van der Waals surface area contributed by atoms with Crippen LogP contribution < -0.4 is 20.1 Å². The lowest BCUT2D eigenvalue weighted by Crippen LogP contribution is -2.48. The molecule has 5 rings (SSSR count). The van der Waals surface area contributed by atoms with Gasteiger partial charge >= 0.3 is 7.75 Å². The second kappa shape index (κ2) is 11.0. The third-order valence-electron chi connectivity index (χ3n) is 6.41. The van der Waals surface area contributed by atoms with E-state index in [4.69, 9.17) is 33.7 Å². The van der Waals surface area contributed by atoms with Crippen molar-refractivity contribution in [2.24, 2.45) is 5.41 Å². The zero-order valence-electron chi connectivity index (χ0n) is 22.5. The molecular formula is C25H35N6O7P. The largest absolute Gasteiger partial charge is 0.479 e. The highest BCUT2D eigenvalue weighted by Crippen LogP contribution is 2.51. The summed E-state index contributed by atoms with van der Waals surface area (Å²) >= 11 is 0. The maximum absolute atomic E-state index is 13.7. The topological polar surface area (TPSA) is 154 Å². The van der Waals surface area contributed by atoms with Gasteiger partial charge in [-0.25, -0.2) is 9.55 Å². The summed E-state index contributed by atoms with van der Waals surface area (Å²) in [6.07, 6.45) is 1.89. The van der Waals surface area contributed by atoms with Crippen LogP contribution >= 0.6 is 7.75 Å². The van der Waals surface area contributed by atoms with Crippen molar-refractivity contribution in [3.8, 4) is 11.6 Å². The highest BCUT2D eigenvalue weighted by Gasteiger charge is 2.55. The molecule has 3 N–H and O–H groups in total. The van der Waals surface area contributed by atoms with Gasteiger partial charge in [0.1, 0.15) is 18.1 Å². The molecule has 0 aliphatic carbocycles. The average Bonchev–Trinajstić information content (AvgIpc) is 3.47. The molecule has 4 heterocycles. The SMILES string of the molecule is COc1nc(N)nc2c1ncn2C1OC(COP(=O)(NCOCC(C)(C)C)Oc2ccccc2)C[C@]12CCO2. The van der Waals surface area contributed by atoms with Gasteiger partial charge in [0, 0.05) is 12.8 Å². The van der Waals surface area contributed by atoms with Crippen LogP contribution in [0.25, 0.3) is 11.2 Å². The summed E-state index contributed by atoms with van der Waals surface area (Å²) in [5, 5.41) is 2.81. The minimum absolute atomic E-state index is 0.00738. The maximum Gasteiger partial charge on any atom is 0.460 e. The molecule has 3 unspecified atom stereocenters. The van der Waals surface area contributed by atoms with Crippen molar-refractivity contribution in [3.63, 3.8) is 0 Å². The molecule has 39 heavy (non-hydrogen) atoms. The van der Waals surface area contributed by atoms with Crippen LogP contribution in [0.2, 0.25) is 0 Å². The molecule has 13 nitrogen and oxygen atoms in total. The first-order valence-electron chi connectivity index (χ1n) is 12.8. The van der Waals surface area contributed by atoms with E-state index in [9.17, 15) is 4.57 Å². The van der Waals surface area contributed by atoms with Crippen molar-refractivity contribution >= 4 is 24.9 Å². The lowest BCUT2D eigenvalue weighted by molar-refractivity contribution is -0.199. The van der Waals surface area contributed by atoms with Crippen molar-refractivity contribution < 1.29 is 32.6 Å². The Hall–Kier alpha value is -2.80. The molecule has 0 radical (unpaired) electrons. The number of nitrogen functional groups attached to an aromatic ring is 1. The van der Waals surface area contributed by atoms with Crippen LogP contribution in [0.1, 0.15) is 39.8 Å². The number of hydrogen-bond acceptors (Lipinski definition) is 11. The Morgan fingerprint density at radius 2 is 2.03 bits per heavy atom. The minimum Gasteiger partial charge on any atom is -0.479 e. The molecular weight excluding hydrogens is 527 g/mol. The van der Waals surface area contributed by atoms with Crippen LogP contribution in [0, 0.1) is 5.41 Å². The molecule has 4 atom stereocenters. The normalized spacial score (nSPS) is 24.5. The number of rotatable bonds is 11. The zero-order valence-corrected chi connectivity index (χ0v) is 23.4. The average molecular weight is 563 g/mol. The van der Waals surface area contributed by atoms with Crippen LogP contribution in [0.5, 0.6) is 11.6 Å². The van der Waals surface area contributed by atoms with E-state index >= 15 is 0 Å². The van der Waals surface area contributed by atoms with E-state index < -0.39 is 25.7 Å². The Balaban J connectivity index is 1.31. The molecule has 2 aromatic heterocycles. The molecule has 0 bridgehead atoms. The fraction of sp³-hybridized carbons (Fsp3) is 0.560. The number of nitrogens with one attached hydrogen (secondary N) is 1. The molecule has 2 fully saturated rings. The number of nitrogens with zero attached hydrogens (tertiary/aromatic N) is 4. The van der Waals surface area contributed by atoms with Crippen molar-refractivity contribution in [1.29, 1.82) is 0 Å². The summed E-state index contributed by atoms with van der Waals surface area (Å²) in [6, 6.07) is 8.84. The summed E-state index contributed by atoms with van der Waals surface area (Å²) in [5.74, 6) is 0.738. The predicted molar refractivity (Wildman–Crippen MR) is 142 cm³/mol. The highest BCUT2D eigenvalue weighted by atomic mass is 31.2. The van der Waals surface area contributed by atoms with E-state index in [0.717, 1.165) is 6.42 Å². The van der Waals surface area contributed by atoms with Gasteiger partial charge in [-0.1, -0.05) is 39.0 Å². The standard InChI is InChI=1S/C25H35N6O7P/c1-24(2,3)14-34-16-28-39(32,38-17-8-6-5-7-9-17)36-13-18-12-25(10-11-35-25)22(37-18)31-15-27-19-20(31)29-23(26)30-21(19)33-4/h5-9,15,18,22H,10-14,16H2,1-4H3,(H,28,32)(H2,26,29,30)/t18?,22?,25-,39?/m1/s1. The zero-order chi connectivity index (χ0) is 27.7. The molecule has 1 spiro atoms. The Morgan fingerprint density at radius 1 is 1.26 bits per heavy atom. The number of hydrogen-bond donors (Lipinski definition) is 2.